The third kappa shape index (κ3) is 3.90. The first-order chi connectivity index (χ1) is 11.7. The molecular formula is C21H24N2OS. The second kappa shape index (κ2) is 6.60. The highest BCUT2D eigenvalue weighted by molar-refractivity contribution is 7.18. The standard InChI is InChI=1S/C21H24N2OS/c1-13(2)20-23-17-11-10-16(12-18(17)25-20)22-19(24)14-6-8-15(9-7-14)21(3,4)5/h6-13H,1-5H3,(H,22,24). The van der Waals surface area contributed by atoms with Gasteiger partial charge in [-0.3, -0.25) is 4.79 Å². The summed E-state index contributed by atoms with van der Waals surface area (Å²) >= 11 is 1.68. The average molecular weight is 353 g/mol. The monoisotopic (exact) mass is 352 g/mol. The molecule has 3 nitrogen and oxygen atoms in total. The molecule has 25 heavy (non-hydrogen) atoms. The van der Waals surface area contributed by atoms with E-state index >= 15 is 0 Å². The van der Waals surface area contributed by atoms with E-state index < -0.39 is 0 Å². The van der Waals surface area contributed by atoms with Crippen molar-refractivity contribution in [3.05, 3.63) is 58.6 Å². The van der Waals surface area contributed by atoms with Gasteiger partial charge in [0, 0.05) is 17.2 Å². The Kier molecular flexibility index (Phi) is 4.65. The summed E-state index contributed by atoms with van der Waals surface area (Å²) in [7, 11) is 0. The summed E-state index contributed by atoms with van der Waals surface area (Å²) < 4.78 is 1.10. The van der Waals surface area contributed by atoms with E-state index in [9.17, 15) is 4.79 Å². The predicted octanol–water partition coefficient (Wildman–Crippen LogP) is 5.97. The summed E-state index contributed by atoms with van der Waals surface area (Å²) in [5, 5.41) is 4.11. The van der Waals surface area contributed by atoms with Crippen molar-refractivity contribution in [1.82, 2.24) is 4.98 Å². The minimum Gasteiger partial charge on any atom is -0.322 e. The molecule has 0 radical (unpaired) electrons. The fraction of sp³-hybridized carbons (Fsp3) is 0.333. The Labute approximate surface area is 153 Å². The molecule has 130 valence electrons. The van der Waals surface area contributed by atoms with Crippen LogP contribution in [0, 0.1) is 0 Å². The Hall–Kier alpha value is -2.20. The molecule has 0 aliphatic heterocycles. The number of benzene rings is 2. The molecule has 1 amide bonds. The molecule has 0 unspecified atom stereocenters. The minimum absolute atomic E-state index is 0.0837. The van der Waals surface area contributed by atoms with Crippen LogP contribution in [0.15, 0.2) is 42.5 Å². The lowest BCUT2D eigenvalue weighted by molar-refractivity contribution is 0.102. The van der Waals surface area contributed by atoms with Gasteiger partial charge < -0.3 is 5.32 Å². The van der Waals surface area contributed by atoms with Gasteiger partial charge in [-0.1, -0.05) is 46.8 Å². The van der Waals surface area contributed by atoms with Gasteiger partial charge in [0.05, 0.1) is 15.2 Å². The number of hydrogen-bond donors (Lipinski definition) is 1. The molecule has 4 heteroatoms. The number of aromatic nitrogens is 1. The number of anilines is 1. The smallest absolute Gasteiger partial charge is 0.255 e. The molecule has 2 aromatic carbocycles. The van der Waals surface area contributed by atoms with E-state index in [1.165, 1.54) is 5.56 Å². The molecular weight excluding hydrogens is 328 g/mol. The number of rotatable bonds is 3. The molecule has 0 bridgehead atoms. The lowest BCUT2D eigenvalue weighted by Crippen LogP contribution is -2.14. The van der Waals surface area contributed by atoms with Crippen LogP contribution in [0.4, 0.5) is 5.69 Å². The molecule has 0 spiro atoms. The molecule has 1 aromatic heterocycles. The first-order valence-electron chi connectivity index (χ1n) is 8.56. The Balaban J connectivity index is 1.79. The number of amides is 1. The minimum atomic E-state index is -0.0894. The number of carbonyl (C=O) groups is 1. The van der Waals surface area contributed by atoms with E-state index in [2.05, 4.69) is 44.9 Å². The van der Waals surface area contributed by atoms with Crippen molar-refractivity contribution in [2.75, 3.05) is 5.32 Å². The number of thiazole rings is 1. The van der Waals surface area contributed by atoms with E-state index in [4.69, 9.17) is 0 Å². The predicted molar refractivity (Wildman–Crippen MR) is 107 cm³/mol. The van der Waals surface area contributed by atoms with Crippen molar-refractivity contribution >= 4 is 33.1 Å². The molecule has 0 saturated heterocycles. The van der Waals surface area contributed by atoms with Crippen LogP contribution < -0.4 is 5.32 Å². The number of fused-ring (bicyclic) bond motifs is 1. The molecule has 1 heterocycles. The highest BCUT2D eigenvalue weighted by Gasteiger charge is 2.15. The van der Waals surface area contributed by atoms with E-state index in [1.54, 1.807) is 11.3 Å². The number of hydrogen-bond acceptors (Lipinski definition) is 3. The molecule has 0 aliphatic carbocycles. The SMILES string of the molecule is CC(C)c1nc2ccc(NC(=O)c3ccc(C(C)(C)C)cc3)cc2s1. The van der Waals surface area contributed by atoms with Crippen LogP contribution in [0.25, 0.3) is 10.2 Å². The van der Waals surface area contributed by atoms with Crippen molar-refractivity contribution in [2.45, 2.75) is 46.0 Å². The third-order valence-electron chi connectivity index (χ3n) is 4.17. The summed E-state index contributed by atoms with van der Waals surface area (Å²) in [4.78, 5) is 17.1. The van der Waals surface area contributed by atoms with Crippen molar-refractivity contribution in [2.24, 2.45) is 0 Å². The van der Waals surface area contributed by atoms with Gasteiger partial charge in [-0.25, -0.2) is 4.98 Å². The van der Waals surface area contributed by atoms with Gasteiger partial charge >= 0.3 is 0 Å². The summed E-state index contributed by atoms with van der Waals surface area (Å²) in [5.74, 6) is 0.324. The lowest BCUT2D eigenvalue weighted by Gasteiger charge is -2.19. The maximum Gasteiger partial charge on any atom is 0.255 e. The van der Waals surface area contributed by atoms with E-state index in [0.717, 1.165) is 20.9 Å². The highest BCUT2D eigenvalue weighted by Crippen LogP contribution is 2.29. The largest absolute Gasteiger partial charge is 0.322 e. The maximum absolute atomic E-state index is 12.5. The molecule has 3 aromatic rings. The van der Waals surface area contributed by atoms with Crippen molar-refractivity contribution in [3.8, 4) is 0 Å². The van der Waals surface area contributed by atoms with Crippen LogP contribution in [0.5, 0.6) is 0 Å². The Morgan fingerprint density at radius 1 is 1.08 bits per heavy atom. The van der Waals surface area contributed by atoms with Gasteiger partial charge in [-0.2, -0.15) is 0 Å². The van der Waals surface area contributed by atoms with Gasteiger partial charge in [0.15, 0.2) is 0 Å². The second-order valence-corrected chi connectivity index (χ2v) is 8.73. The molecule has 0 fully saturated rings. The highest BCUT2D eigenvalue weighted by atomic mass is 32.1. The van der Waals surface area contributed by atoms with Gasteiger partial charge in [0.25, 0.3) is 5.91 Å². The topological polar surface area (TPSA) is 42.0 Å². The Morgan fingerprint density at radius 2 is 1.76 bits per heavy atom. The van der Waals surface area contributed by atoms with E-state index in [-0.39, 0.29) is 11.3 Å². The number of nitrogens with one attached hydrogen (secondary N) is 1. The van der Waals surface area contributed by atoms with Crippen molar-refractivity contribution in [1.29, 1.82) is 0 Å². The van der Waals surface area contributed by atoms with Gasteiger partial charge in [-0.05, 0) is 41.3 Å². The fourth-order valence-electron chi connectivity index (χ4n) is 2.59. The Bertz CT molecular complexity index is 902. The summed E-state index contributed by atoms with van der Waals surface area (Å²) in [6, 6.07) is 13.7. The van der Waals surface area contributed by atoms with Crippen molar-refractivity contribution < 1.29 is 4.79 Å². The average Bonchev–Trinajstić information content (AvgIpc) is 2.98. The van der Waals surface area contributed by atoms with Crippen molar-refractivity contribution in [3.63, 3.8) is 0 Å². The fourth-order valence-corrected chi connectivity index (χ4v) is 3.60. The van der Waals surface area contributed by atoms with E-state index in [1.807, 2.05) is 42.5 Å². The molecule has 0 atom stereocenters. The first kappa shape index (κ1) is 17.6. The quantitative estimate of drug-likeness (QED) is 0.631. The van der Waals surface area contributed by atoms with Crippen LogP contribution in [-0.4, -0.2) is 10.9 Å². The second-order valence-electron chi connectivity index (χ2n) is 7.67. The van der Waals surface area contributed by atoms with Crippen LogP contribution in [-0.2, 0) is 5.41 Å². The summed E-state index contributed by atoms with van der Waals surface area (Å²) in [5.41, 5.74) is 3.76. The van der Waals surface area contributed by atoms with E-state index in [0.29, 0.717) is 11.5 Å². The third-order valence-corrected chi connectivity index (χ3v) is 5.49. The summed E-state index contributed by atoms with van der Waals surface area (Å²) in [6.45, 7) is 10.8. The number of nitrogens with zero attached hydrogens (tertiary/aromatic N) is 1. The molecule has 3 rings (SSSR count). The zero-order valence-corrected chi connectivity index (χ0v) is 16.2. The molecule has 1 N–H and O–H groups in total. The zero-order valence-electron chi connectivity index (χ0n) is 15.4. The number of carbonyl (C=O) groups excluding carboxylic acids is 1. The van der Waals surface area contributed by atoms with Gasteiger partial charge in [0.2, 0.25) is 0 Å². The Morgan fingerprint density at radius 3 is 2.36 bits per heavy atom. The van der Waals surface area contributed by atoms with Gasteiger partial charge in [0.1, 0.15) is 0 Å². The molecule has 0 saturated carbocycles. The first-order valence-corrected chi connectivity index (χ1v) is 9.38. The maximum atomic E-state index is 12.5. The van der Waals surface area contributed by atoms with Gasteiger partial charge in [-0.15, -0.1) is 11.3 Å². The van der Waals surface area contributed by atoms with Crippen LogP contribution in [0.1, 0.15) is 61.5 Å². The zero-order chi connectivity index (χ0) is 18.2. The van der Waals surface area contributed by atoms with Crippen LogP contribution >= 0.6 is 11.3 Å². The van der Waals surface area contributed by atoms with Crippen LogP contribution in [0.3, 0.4) is 0 Å². The molecule has 0 aliphatic rings. The normalized spacial score (nSPS) is 11.9. The van der Waals surface area contributed by atoms with Crippen LogP contribution in [0.2, 0.25) is 0 Å². The lowest BCUT2D eigenvalue weighted by atomic mass is 9.87. The summed E-state index contributed by atoms with van der Waals surface area (Å²) in [6.07, 6.45) is 0.